The summed E-state index contributed by atoms with van der Waals surface area (Å²) in [6.45, 7) is 1.96. The lowest BCUT2D eigenvalue weighted by Crippen LogP contribution is -1.93. The highest BCUT2D eigenvalue weighted by molar-refractivity contribution is 7.99. The fourth-order valence-electron chi connectivity index (χ4n) is 2.24. The maximum absolute atomic E-state index is 4.66. The fraction of sp³-hybridized carbons (Fsp3) is 0.125. The first-order valence-corrected chi connectivity index (χ1v) is 8.82. The number of thiophene rings is 1. The van der Waals surface area contributed by atoms with E-state index >= 15 is 0 Å². The number of hydrogen-bond acceptors (Lipinski definition) is 6. The smallest absolute Gasteiger partial charge is 0.214 e. The molecule has 0 amide bonds. The highest BCUT2D eigenvalue weighted by Gasteiger charge is 2.11. The van der Waals surface area contributed by atoms with Crippen LogP contribution in [0.5, 0.6) is 0 Å². The van der Waals surface area contributed by atoms with E-state index in [1.54, 1.807) is 11.3 Å². The third-order valence-electron chi connectivity index (χ3n) is 3.32. The summed E-state index contributed by atoms with van der Waals surface area (Å²) in [6, 6.07) is 12.0. The number of hydrogen-bond donors (Lipinski definition) is 1. The second-order valence-electron chi connectivity index (χ2n) is 5.03. The lowest BCUT2D eigenvalue weighted by Gasteiger charge is -2.03. The summed E-state index contributed by atoms with van der Waals surface area (Å²) in [5.41, 5.74) is 2.68. The van der Waals surface area contributed by atoms with Crippen molar-refractivity contribution in [1.82, 2.24) is 25.1 Å². The van der Waals surface area contributed by atoms with Gasteiger partial charge in [0, 0.05) is 11.3 Å². The van der Waals surface area contributed by atoms with Gasteiger partial charge in [0.25, 0.3) is 0 Å². The van der Waals surface area contributed by atoms with Crippen LogP contribution in [-0.2, 0) is 6.42 Å². The van der Waals surface area contributed by atoms with Gasteiger partial charge in [0.2, 0.25) is 5.16 Å². The van der Waals surface area contributed by atoms with Gasteiger partial charge in [0.15, 0.2) is 0 Å². The van der Waals surface area contributed by atoms with Crippen molar-refractivity contribution >= 4 is 34.1 Å². The summed E-state index contributed by atoms with van der Waals surface area (Å²) in [7, 11) is 0. The van der Waals surface area contributed by atoms with Crippen LogP contribution in [0.15, 0.2) is 52.0 Å². The van der Waals surface area contributed by atoms with Crippen molar-refractivity contribution in [3.63, 3.8) is 0 Å². The zero-order valence-corrected chi connectivity index (χ0v) is 14.0. The van der Waals surface area contributed by atoms with E-state index in [-0.39, 0.29) is 0 Å². The van der Waals surface area contributed by atoms with E-state index < -0.39 is 0 Å². The maximum Gasteiger partial charge on any atom is 0.214 e. The summed E-state index contributed by atoms with van der Waals surface area (Å²) in [4.78, 5) is 15.1. The van der Waals surface area contributed by atoms with Crippen LogP contribution in [0, 0.1) is 6.92 Å². The molecular weight excluding hydrogens is 326 g/mol. The van der Waals surface area contributed by atoms with Crippen LogP contribution in [0.2, 0.25) is 0 Å². The average Bonchev–Trinajstić information content (AvgIpc) is 3.21. The van der Waals surface area contributed by atoms with Crippen molar-refractivity contribution in [1.29, 1.82) is 0 Å². The maximum atomic E-state index is 4.66. The molecule has 4 aromatic rings. The van der Waals surface area contributed by atoms with Gasteiger partial charge in [-0.15, -0.1) is 16.4 Å². The van der Waals surface area contributed by atoms with Gasteiger partial charge >= 0.3 is 0 Å². The van der Waals surface area contributed by atoms with Crippen LogP contribution in [0.1, 0.15) is 16.4 Å². The standard InChI is InChI=1S/C16H13N5S2/c1-10-15(18-13-7-3-2-6-12(13)17-10)23-16-19-14(20-21-16)9-11-5-4-8-22-11/h2-8H,9H2,1H3,(H,19,20,21). The lowest BCUT2D eigenvalue weighted by molar-refractivity contribution is 0.953. The van der Waals surface area contributed by atoms with E-state index in [1.807, 2.05) is 37.3 Å². The molecule has 3 heterocycles. The summed E-state index contributed by atoms with van der Waals surface area (Å²) in [6.07, 6.45) is 0.771. The second-order valence-corrected chi connectivity index (χ2v) is 7.01. The van der Waals surface area contributed by atoms with Crippen LogP contribution in [-0.4, -0.2) is 25.1 Å². The molecule has 0 spiro atoms. The van der Waals surface area contributed by atoms with Crippen LogP contribution in [0.4, 0.5) is 0 Å². The number of aromatic amines is 1. The SMILES string of the molecule is Cc1nc2ccccc2nc1Sc1n[nH]c(Cc2cccs2)n1. The molecule has 0 saturated carbocycles. The molecule has 0 aliphatic heterocycles. The summed E-state index contributed by atoms with van der Waals surface area (Å²) < 4.78 is 0. The van der Waals surface area contributed by atoms with Gasteiger partial charge in [-0.25, -0.2) is 15.0 Å². The predicted octanol–water partition coefficient (Wildman–Crippen LogP) is 3.86. The first-order chi connectivity index (χ1) is 11.3. The second kappa shape index (κ2) is 6.10. The predicted molar refractivity (Wildman–Crippen MR) is 91.9 cm³/mol. The molecule has 0 aliphatic rings. The molecule has 23 heavy (non-hydrogen) atoms. The molecule has 0 radical (unpaired) electrons. The molecule has 3 aromatic heterocycles. The molecule has 0 atom stereocenters. The molecule has 0 bridgehead atoms. The Kier molecular flexibility index (Phi) is 3.80. The van der Waals surface area contributed by atoms with E-state index in [0.29, 0.717) is 5.16 Å². The molecule has 0 saturated heterocycles. The zero-order chi connectivity index (χ0) is 15.6. The third-order valence-corrected chi connectivity index (χ3v) is 5.14. The van der Waals surface area contributed by atoms with Gasteiger partial charge in [0.1, 0.15) is 10.9 Å². The summed E-state index contributed by atoms with van der Waals surface area (Å²) in [5, 5.41) is 10.8. The van der Waals surface area contributed by atoms with Crippen LogP contribution in [0.3, 0.4) is 0 Å². The molecule has 7 heteroatoms. The topological polar surface area (TPSA) is 67.3 Å². The molecule has 4 rings (SSSR count). The number of fused-ring (bicyclic) bond motifs is 1. The Hall–Kier alpha value is -2.25. The third kappa shape index (κ3) is 3.11. The van der Waals surface area contributed by atoms with E-state index in [0.717, 1.165) is 34.0 Å². The molecule has 1 aromatic carbocycles. The Bertz CT molecular complexity index is 946. The summed E-state index contributed by atoms with van der Waals surface area (Å²) >= 11 is 3.16. The molecule has 1 N–H and O–H groups in total. The van der Waals surface area contributed by atoms with Gasteiger partial charge in [-0.05, 0) is 42.3 Å². The number of nitrogens with zero attached hydrogens (tertiary/aromatic N) is 4. The van der Waals surface area contributed by atoms with Gasteiger partial charge in [-0.2, -0.15) is 0 Å². The normalized spacial score (nSPS) is 11.2. The van der Waals surface area contributed by atoms with Crippen LogP contribution in [0.25, 0.3) is 11.0 Å². The monoisotopic (exact) mass is 339 g/mol. The van der Waals surface area contributed by atoms with Crippen LogP contribution >= 0.6 is 23.1 Å². The zero-order valence-electron chi connectivity index (χ0n) is 12.4. The molecular formula is C16H13N5S2. The van der Waals surface area contributed by atoms with Crippen molar-refractivity contribution in [3.8, 4) is 0 Å². The highest BCUT2D eigenvalue weighted by atomic mass is 32.2. The Morgan fingerprint density at radius 1 is 1.04 bits per heavy atom. The number of rotatable bonds is 4. The van der Waals surface area contributed by atoms with E-state index in [1.165, 1.54) is 16.6 Å². The van der Waals surface area contributed by atoms with E-state index in [4.69, 9.17) is 0 Å². The molecule has 114 valence electrons. The van der Waals surface area contributed by atoms with Crippen molar-refractivity contribution in [3.05, 3.63) is 58.2 Å². The molecule has 0 unspecified atom stereocenters. The number of aromatic nitrogens is 5. The minimum Gasteiger partial charge on any atom is -0.262 e. The van der Waals surface area contributed by atoms with Gasteiger partial charge in [0.05, 0.1) is 16.7 Å². The Labute approximate surface area is 141 Å². The van der Waals surface area contributed by atoms with E-state index in [2.05, 4.69) is 36.6 Å². The largest absolute Gasteiger partial charge is 0.262 e. The Morgan fingerprint density at radius 3 is 2.65 bits per heavy atom. The highest BCUT2D eigenvalue weighted by Crippen LogP contribution is 2.27. The number of para-hydroxylation sites is 2. The van der Waals surface area contributed by atoms with Crippen molar-refractivity contribution in [2.45, 2.75) is 23.5 Å². The van der Waals surface area contributed by atoms with Gasteiger partial charge < -0.3 is 0 Å². The first-order valence-electron chi connectivity index (χ1n) is 7.13. The minimum atomic E-state index is 0.671. The van der Waals surface area contributed by atoms with Crippen molar-refractivity contribution < 1.29 is 0 Å². The van der Waals surface area contributed by atoms with Crippen molar-refractivity contribution in [2.24, 2.45) is 0 Å². The summed E-state index contributed by atoms with van der Waals surface area (Å²) in [5.74, 6) is 0.862. The molecule has 0 aliphatic carbocycles. The number of nitrogens with one attached hydrogen (secondary N) is 1. The first kappa shape index (κ1) is 14.3. The Morgan fingerprint density at radius 2 is 1.87 bits per heavy atom. The van der Waals surface area contributed by atoms with Gasteiger partial charge in [-0.3, -0.25) is 5.10 Å². The van der Waals surface area contributed by atoms with Gasteiger partial charge in [-0.1, -0.05) is 18.2 Å². The van der Waals surface area contributed by atoms with Crippen LogP contribution < -0.4 is 0 Å². The minimum absolute atomic E-state index is 0.671. The van der Waals surface area contributed by atoms with Crippen molar-refractivity contribution in [2.75, 3.05) is 0 Å². The molecule has 0 fully saturated rings. The quantitative estimate of drug-likeness (QED) is 0.611. The lowest BCUT2D eigenvalue weighted by atomic mass is 10.3. The number of H-pyrrole nitrogens is 1. The number of aryl methyl sites for hydroxylation is 1. The average molecular weight is 339 g/mol. The molecule has 5 nitrogen and oxygen atoms in total. The number of benzene rings is 1. The van der Waals surface area contributed by atoms with E-state index in [9.17, 15) is 0 Å². The fourth-order valence-corrected chi connectivity index (χ4v) is 3.70. The Balaban J connectivity index is 1.58.